The van der Waals surface area contributed by atoms with Gasteiger partial charge in [0.2, 0.25) is 5.91 Å². The Balaban J connectivity index is 1.71. The molecule has 1 saturated heterocycles. The maximum atomic E-state index is 13.8. The second-order valence-electron chi connectivity index (χ2n) is 5.56. The first kappa shape index (κ1) is 16.0. The summed E-state index contributed by atoms with van der Waals surface area (Å²) in [5, 5.41) is 0.575. The lowest BCUT2D eigenvalue weighted by molar-refractivity contribution is -0.133. The van der Waals surface area contributed by atoms with Crippen molar-refractivity contribution < 1.29 is 13.6 Å². The van der Waals surface area contributed by atoms with Gasteiger partial charge in [-0.25, -0.2) is 13.8 Å². The standard InChI is InChI=1S/C16H17F2N3OS/c1-20-8-6-19-16(20)23-14-3-2-7-21(15(14)22)10-11-4-5-12(17)9-13(11)18/h4-6,8-9,14H,2-3,7,10H2,1H3/t14-/m1/s1. The smallest absolute Gasteiger partial charge is 0.236 e. The van der Waals surface area contributed by atoms with Crippen LogP contribution in [0.4, 0.5) is 8.78 Å². The van der Waals surface area contributed by atoms with Crippen LogP contribution < -0.4 is 0 Å². The fourth-order valence-corrected chi connectivity index (χ4v) is 3.76. The lowest BCUT2D eigenvalue weighted by atomic mass is 10.1. The van der Waals surface area contributed by atoms with Gasteiger partial charge in [0.1, 0.15) is 11.6 Å². The van der Waals surface area contributed by atoms with Gasteiger partial charge < -0.3 is 9.47 Å². The van der Waals surface area contributed by atoms with Gasteiger partial charge in [0, 0.05) is 44.2 Å². The van der Waals surface area contributed by atoms with Crippen LogP contribution in [0.3, 0.4) is 0 Å². The molecule has 0 saturated carbocycles. The van der Waals surface area contributed by atoms with E-state index in [9.17, 15) is 13.6 Å². The summed E-state index contributed by atoms with van der Waals surface area (Å²) in [6.07, 6.45) is 5.16. The molecule has 0 spiro atoms. The summed E-state index contributed by atoms with van der Waals surface area (Å²) >= 11 is 1.43. The molecule has 7 heteroatoms. The highest BCUT2D eigenvalue weighted by Crippen LogP contribution is 2.30. The average Bonchev–Trinajstić information content (AvgIpc) is 2.91. The molecular formula is C16H17F2N3OS. The van der Waals surface area contributed by atoms with E-state index in [0.29, 0.717) is 12.1 Å². The number of benzene rings is 1. The Morgan fingerprint density at radius 2 is 2.22 bits per heavy atom. The van der Waals surface area contributed by atoms with Crippen molar-refractivity contribution in [3.05, 3.63) is 47.8 Å². The summed E-state index contributed by atoms with van der Waals surface area (Å²) in [5.41, 5.74) is 0.336. The van der Waals surface area contributed by atoms with Gasteiger partial charge in [0.15, 0.2) is 5.16 Å². The van der Waals surface area contributed by atoms with Crippen molar-refractivity contribution >= 4 is 17.7 Å². The first-order valence-corrected chi connectivity index (χ1v) is 8.29. The molecule has 4 nitrogen and oxygen atoms in total. The highest BCUT2D eigenvalue weighted by molar-refractivity contribution is 8.00. The third-order valence-electron chi connectivity index (χ3n) is 3.88. The fraction of sp³-hybridized carbons (Fsp3) is 0.375. The Hall–Kier alpha value is -1.89. The molecule has 2 heterocycles. The Morgan fingerprint density at radius 3 is 2.91 bits per heavy atom. The van der Waals surface area contributed by atoms with Gasteiger partial charge in [0.25, 0.3) is 0 Å². The van der Waals surface area contributed by atoms with Crippen molar-refractivity contribution in [2.24, 2.45) is 7.05 Å². The predicted molar refractivity (Wildman–Crippen MR) is 83.9 cm³/mol. The van der Waals surface area contributed by atoms with Crippen LogP contribution >= 0.6 is 11.8 Å². The van der Waals surface area contributed by atoms with E-state index in [-0.39, 0.29) is 17.7 Å². The second-order valence-corrected chi connectivity index (χ2v) is 6.73. The number of thioether (sulfide) groups is 1. The van der Waals surface area contributed by atoms with Gasteiger partial charge in [-0.2, -0.15) is 0 Å². The van der Waals surface area contributed by atoms with Crippen molar-refractivity contribution in [3.63, 3.8) is 0 Å². The Bertz CT molecular complexity index is 719. The van der Waals surface area contributed by atoms with Gasteiger partial charge in [-0.3, -0.25) is 4.79 Å². The summed E-state index contributed by atoms with van der Waals surface area (Å²) in [6, 6.07) is 3.46. The number of aryl methyl sites for hydroxylation is 1. The minimum atomic E-state index is -0.614. The number of piperidine rings is 1. The van der Waals surface area contributed by atoms with E-state index in [1.54, 1.807) is 11.1 Å². The lowest BCUT2D eigenvalue weighted by Gasteiger charge is -2.32. The maximum Gasteiger partial charge on any atom is 0.236 e. The fourth-order valence-electron chi connectivity index (χ4n) is 2.62. The topological polar surface area (TPSA) is 38.1 Å². The van der Waals surface area contributed by atoms with E-state index in [0.717, 1.165) is 24.1 Å². The Morgan fingerprint density at radius 1 is 1.39 bits per heavy atom. The minimum Gasteiger partial charge on any atom is -0.337 e. The first-order chi connectivity index (χ1) is 11.0. The van der Waals surface area contributed by atoms with Gasteiger partial charge in [0.05, 0.1) is 5.25 Å². The summed E-state index contributed by atoms with van der Waals surface area (Å²) < 4.78 is 28.6. The van der Waals surface area contributed by atoms with E-state index >= 15 is 0 Å². The molecule has 1 amide bonds. The van der Waals surface area contributed by atoms with Crippen LogP contribution in [0.2, 0.25) is 0 Å². The molecule has 0 N–H and O–H groups in total. The number of imidazole rings is 1. The number of likely N-dealkylation sites (tertiary alicyclic amines) is 1. The number of carbonyl (C=O) groups excluding carboxylic acids is 1. The van der Waals surface area contributed by atoms with E-state index < -0.39 is 11.6 Å². The molecule has 1 fully saturated rings. The number of rotatable bonds is 4. The molecule has 1 aromatic carbocycles. The van der Waals surface area contributed by atoms with Gasteiger partial charge in [-0.15, -0.1) is 0 Å². The molecule has 3 rings (SSSR count). The third kappa shape index (κ3) is 3.55. The molecule has 0 unspecified atom stereocenters. The zero-order valence-corrected chi connectivity index (χ0v) is 13.5. The molecule has 0 radical (unpaired) electrons. The van der Waals surface area contributed by atoms with E-state index in [1.165, 1.54) is 23.9 Å². The zero-order valence-electron chi connectivity index (χ0n) is 12.7. The molecule has 0 bridgehead atoms. The number of amides is 1. The minimum absolute atomic E-state index is 0.0204. The van der Waals surface area contributed by atoms with E-state index in [1.807, 2.05) is 17.8 Å². The summed E-state index contributed by atoms with van der Waals surface area (Å²) in [6.45, 7) is 0.760. The number of carbonyl (C=O) groups is 1. The Kier molecular flexibility index (Phi) is 4.66. The van der Waals surface area contributed by atoms with Crippen LogP contribution in [0.5, 0.6) is 0 Å². The molecule has 2 aromatic rings. The summed E-state index contributed by atoms with van der Waals surface area (Å²) in [4.78, 5) is 18.5. The molecule has 1 aromatic heterocycles. The monoisotopic (exact) mass is 337 g/mol. The van der Waals surface area contributed by atoms with E-state index in [2.05, 4.69) is 4.98 Å². The van der Waals surface area contributed by atoms with Crippen LogP contribution in [-0.2, 0) is 18.4 Å². The third-order valence-corrected chi connectivity index (χ3v) is 5.21. The maximum absolute atomic E-state index is 13.8. The second kappa shape index (κ2) is 6.70. The normalized spacial score (nSPS) is 18.5. The van der Waals surface area contributed by atoms with E-state index in [4.69, 9.17) is 0 Å². The molecule has 0 aliphatic carbocycles. The van der Waals surface area contributed by atoms with Gasteiger partial charge >= 0.3 is 0 Å². The van der Waals surface area contributed by atoms with Crippen molar-refractivity contribution in [3.8, 4) is 0 Å². The van der Waals surface area contributed by atoms with Crippen LogP contribution in [0.15, 0.2) is 35.7 Å². The quantitative estimate of drug-likeness (QED) is 0.861. The number of hydrogen-bond donors (Lipinski definition) is 0. The van der Waals surface area contributed by atoms with Crippen molar-refractivity contribution in [1.82, 2.24) is 14.5 Å². The van der Waals surface area contributed by atoms with Crippen LogP contribution in [0.1, 0.15) is 18.4 Å². The SMILES string of the molecule is Cn1ccnc1S[C@@H]1CCCN(Cc2ccc(F)cc2F)C1=O. The molecule has 1 atom stereocenters. The van der Waals surface area contributed by atoms with Crippen LogP contribution in [0, 0.1) is 11.6 Å². The zero-order chi connectivity index (χ0) is 16.4. The molecule has 23 heavy (non-hydrogen) atoms. The summed E-state index contributed by atoms with van der Waals surface area (Å²) in [7, 11) is 1.88. The number of halogens is 2. The van der Waals surface area contributed by atoms with Crippen LogP contribution in [0.25, 0.3) is 0 Å². The molecule has 1 aliphatic heterocycles. The molecular weight excluding hydrogens is 320 g/mol. The van der Waals surface area contributed by atoms with Gasteiger partial charge in [-0.1, -0.05) is 17.8 Å². The van der Waals surface area contributed by atoms with Crippen molar-refractivity contribution in [1.29, 1.82) is 0 Å². The largest absolute Gasteiger partial charge is 0.337 e. The lowest BCUT2D eigenvalue weighted by Crippen LogP contribution is -2.42. The number of nitrogens with zero attached hydrogens (tertiary/aromatic N) is 3. The molecule has 1 aliphatic rings. The average molecular weight is 337 g/mol. The van der Waals surface area contributed by atoms with Crippen molar-refractivity contribution in [2.75, 3.05) is 6.54 Å². The highest BCUT2D eigenvalue weighted by Gasteiger charge is 2.30. The molecule has 122 valence electrons. The number of aromatic nitrogens is 2. The Labute approximate surface area is 137 Å². The van der Waals surface area contributed by atoms with Crippen LogP contribution in [-0.4, -0.2) is 32.2 Å². The number of hydrogen-bond acceptors (Lipinski definition) is 3. The van der Waals surface area contributed by atoms with Gasteiger partial charge in [-0.05, 0) is 18.9 Å². The van der Waals surface area contributed by atoms with Crippen molar-refractivity contribution in [2.45, 2.75) is 29.8 Å². The first-order valence-electron chi connectivity index (χ1n) is 7.41. The predicted octanol–water partition coefficient (Wildman–Crippen LogP) is 2.98. The summed E-state index contributed by atoms with van der Waals surface area (Å²) in [5.74, 6) is -1.25. The highest BCUT2D eigenvalue weighted by atomic mass is 32.2.